The van der Waals surface area contributed by atoms with E-state index in [1.807, 2.05) is 34.6 Å². The molecule has 2 N–H and O–H groups in total. The number of nitrogens with one attached hydrogen (secondary N) is 2. The van der Waals surface area contributed by atoms with E-state index in [2.05, 4.69) is 15.6 Å². The zero-order valence-electron chi connectivity index (χ0n) is 16.7. The Hall–Kier alpha value is -1.30. The first-order chi connectivity index (χ1) is 11.8. The first kappa shape index (κ1) is 21.7. The van der Waals surface area contributed by atoms with Gasteiger partial charge in [-0.1, -0.05) is 12.8 Å². The van der Waals surface area contributed by atoms with Crippen LogP contribution in [0.3, 0.4) is 0 Å². The molecule has 0 spiro atoms. The molecule has 1 saturated carbocycles. The predicted octanol–water partition coefficient (Wildman–Crippen LogP) is 2.87. The highest BCUT2D eigenvalue weighted by Crippen LogP contribution is 2.40. The second-order valence-electron chi connectivity index (χ2n) is 7.79. The number of nitrogens with zero attached hydrogens (tertiary/aromatic N) is 1. The van der Waals surface area contributed by atoms with Crippen molar-refractivity contribution in [3.8, 4) is 0 Å². The number of aliphatic imine (C=N–C) groups is 1. The van der Waals surface area contributed by atoms with Gasteiger partial charge in [-0.05, 0) is 59.3 Å². The molecule has 0 saturated heterocycles. The van der Waals surface area contributed by atoms with Crippen molar-refractivity contribution in [3.05, 3.63) is 0 Å². The third-order valence-corrected chi connectivity index (χ3v) is 4.41. The van der Waals surface area contributed by atoms with Gasteiger partial charge in [0.1, 0.15) is 12.1 Å². The lowest BCUT2D eigenvalue weighted by Crippen LogP contribution is -2.43. The number of hydrogen-bond acceptors (Lipinski definition) is 4. The Labute approximate surface area is 153 Å². The van der Waals surface area contributed by atoms with E-state index in [9.17, 15) is 4.79 Å². The van der Waals surface area contributed by atoms with E-state index in [0.717, 1.165) is 32.7 Å². The molecule has 0 unspecified atom stereocenters. The monoisotopic (exact) mass is 355 g/mol. The maximum Gasteiger partial charge on any atom is 0.328 e. The Morgan fingerprint density at radius 3 is 2.40 bits per heavy atom. The van der Waals surface area contributed by atoms with Crippen molar-refractivity contribution in [1.82, 2.24) is 10.6 Å². The molecule has 6 heteroatoms. The molecule has 0 bridgehead atoms. The molecule has 0 aromatic rings. The number of rotatable bonds is 9. The van der Waals surface area contributed by atoms with Gasteiger partial charge in [-0.15, -0.1) is 0 Å². The molecule has 0 aliphatic heterocycles. The first-order valence-electron chi connectivity index (χ1n) is 9.62. The minimum absolute atomic E-state index is 0.0263. The van der Waals surface area contributed by atoms with E-state index < -0.39 is 5.60 Å². The van der Waals surface area contributed by atoms with E-state index in [1.54, 1.807) is 0 Å². The summed E-state index contributed by atoms with van der Waals surface area (Å²) < 4.78 is 10.9. The van der Waals surface area contributed by atoms with Gasteiger partial charge in [0, 0.05) is 26.3 Å². The Kier molecular flexibility index (Phi) is 9.25. The van der Waals surface area contributed by atoms with Gasteiger partial charge < -0.3 is 20.1 Å². The SMILES string of the molecule is CCNC(=NCC(=O)OC(C)(C)C)NCC1(CCOCC)CCCC1. The van der Waals surface area contributed by atoms with E-state index in [0.29, 0.717) is 5.96 Å². The van der Waals surface area contributed by atoms with Crippen molar-refractivity contribution in [3.63, 3.8) is 0 Å². The fourth-order valence-corrected chi connectivity index (χ4v) is 3.20. The quantitative estimate of drug-likeness (QED) is 0.288. The van der Waals surface area contributed by atoms with Crippen LogP contribution in [0.4, 0.5) is 0 Å². The van der Waals surface area contributed by atoms with Crippen LogP contribution in [0, 0.1) is 5.41 Å². The molecule has 0 radical (unpaired) electrons. The normalized spacial score (nSPS) is 17.4. The summed E-state index contributed by atoms with van der Waals surface area (Å²) in [4.78, 5) is 16.2. The third kappa shape index (κ3) is 9.10. The minimum Gasteiger partial charge on any atom is -0.459 e. The van der Waals surface area contributed by atoms with Crippen LogP contribution < -0.4 is 10.6 Å². The lowest BCUT2D eigenvalue weighted by atomic mass is 9.83. The first-order valence-corrected chi connectivity index (χ1v) is 9.62. The number of esters is 1. The topological polar surface area (TPSA) is 72.0 Å². The average molecular weight is 356 g/mol. The Morgan fingerprint density at radius 2 is 1.84 bits per heavy atom. The maximum absolute atomic E-state index is 11.9. The summed E-state index contributed by atoms with van der Waals surface area (Å²) in [5.41, 5.74) is -0.206. The summed E-state index contributed by atoms with van der Waals surface area (Å²) in [5.74, 6) is 0.368. The van der Waals surface area contributed by atoms with Crippen LogP contribution in [0.5, 0.6) is 0 Å². The number of carbonyl (C=O) groups excluding carboxylic acids is 1. The van der Waals surface area contributed by atoms with Gasteiger partial charge in [0.2, 0.25) is 0 Å². The van der Waals surface area contributed by atoms with Crippen LogP contribution in [0.2, 0.25) is 0 Å². The Balaban J connectivity index is 2.57. The van der Waals surface area contributed by atoms with Crippen LogP contribution in [0.1, 0.15) is 66.7 Å². The molecule has 0 aromatic heterocycles. The predicted molar refractivity (Wildman–Crippen MR) is 102 cm³/mol. The minimum atomic E-state index is -0.481. The molecule has 146 valence electrons. The van der Waals surface area contributed by atoms with E-state index in [-0.39, 0.29) is 17.9 Å². The van der Waals surface area contributed by atoms with Crippen molar-refractivity contribution in [1.29, 1.82) is 0 Å². The van der Waals surface area contributed by atoms with E-state index in [4.69, 9.17) is 9.47 Å². The van der Waals surface area contributed by atoms with Crippen molar-refractivity contribution < 1.29 is 14.3 Å². The van der Waals surface area contributed by atoms with Crippen molar-refractivity contribution in [2.24, 2.45) is 10.4 Å². The zero-order chi connectivity index (χ0) is 18.8. The Morgan fingerprint density at radius 1 is 1.16 bits per heavy atom. The fraction of sp³-hybridized carbons (Fsp3) is 0.895. The molecular formula is C19H37N3O3. The number of guanidine groups is 1. The standard InChI is InChI=1S/C19H37N3O3/c1-6-20-17(21-14-16(23)25-18(3,4)5)22-15-19(10-8-9-11-19)12-13-24-7-2/h6-15H2,1-5H3,(H2,20,21,22). The van der Waals surface area contributed by atoms with Crippen LogP contribution >= 0.6 is 0 Å². The molecule has 25 heavy (non-hydrogen) atoms. The van der Waals surface area contributed by atoms with Gasteiger partial charge in [0.15, 0.2) is 5.96 Å². The van der Waals surface area contributed by atoms with Gasteiger partial charge >= 0.3 is 5.97 Å². The molecule has 0 amide bonds. The molecule has 1 aliphatic rings. The van der Waals surface area contributed by atoms with Crippen molar-refractivity contribution in [2.45, 2.75) is 72.3 Å². The lowest BCUT2D eigenvalue weighted by molar-refractivity contribution is -0.152. The molecule has 0 heterocycles. The molecule has 1 fully saturated rings. The highest BCUT2D eigenvalue weighted by Gasteiger charge is 2.33. The number of hydrogen-bond donors (Lipinski definition) is 2. The molecule has 0 atom stereocenters. The molecular weight excluding hydrogens is 318 g/mol. The van der Waals surface area contributed by atoms with Crippen LogP contribution in [0.15, 0.2) is 4.99 Å². The molecule has 1 rings (SSSR count). The van der Waals surface area contributed by atoms with E-state index >= 15 is 0 Å². The van der Waals surface area contributed by atoms with E-state index in [1.165, 1.54) is 25.7 Å². The summed E-state index contributed by atoms with van der Waals surface area (Å²) in [7, 11) is 0. The highest BCUT2D eigenvalue weighted by molar-refractivity contribution is 5.83. The fourth-order valence-electron chi connectivity index (χ4n) is 3.20. The van der Waals surface area contributed by atoms with Gasteiger partial charge in [-0.3, -0.25) is 4.79 Å². The van der Waals surface area contributed by atoms with Crippen LogP contribution in [-0.2, 0) is 14.3 Å². The summed E-state index contributed by atoms with van der Waals surface area (Å²) in [6.45, 7) is 12.9. The van der Waals surface area contributed by atoms with Gasteiger partial charge in [0.05, 0.1) is 0 Å². The van der Waals surface area contributed by atoms with Gasteiger partial charge in [-0.25, -0.2) is 4.99 Å². The smallest absolute Gasteiger partial charge is 0.328 e. The van der Waals surface area contributed by atoms with Crippen LogP contribution in [0.25, 0.3) is 0 Å². The molecule has 6 nitrogen and oxygen atoms in total. The summed E-state index contributed by atoms with van der Waals surface area (Å²) in [5, 5.41) is 6.63. The van der Waals surface area contributed by atoms with Crippen LogP contribution in [-0.4, -0.2) is 50.4 Å². The average Bonchev–Trinajstić information content (AvgIpc) is 2.98. The highest BCUT2D eigenvalue weighted by atomic mass is 16.6. The third-order valence-electron chi connectivity index (χ3n) is 4.41. The summed E-state index contributed by atoms with van der Waals surface area (Å²) in [6, 6.07) is 0. The summed E-state index contributed by atoms with van der Waals surface area (Å²) in [6.07, 6.45) is 6.06. The van der Waals surface area contributed by atoms with Crippen molar-refractivity contribution >= 4 is 11.9 Å². The van der Waals surface area contributed by atoms with Crippen molar-refractivity contribution in [2.75, 3.05) is 32.8 Å². The number of carbonyl (C=O) groups is 1. The molecule has 0 aromatic carbocycles. The Bertz CT molecular complexity index is 424. The number of ether oxygens (including phenoxy) is 2. The second kappa shape index (κ2) is 10.6. The lowest BCUT2D eigenvalue weighted by Gasteiger charge is -2.30. The molecule has 1 aliphatic carbocycles. The van der Waals surface area contributed by atoms with Gasteiger partial charge in [-0.2, -0.15) is 0 Å². The van der Waals surface area contributed by atoms with Gasteiger partial charge in [0.25, 0.3) is 0 Å². The maximum atomic E-state index is 11.9. The summed E-state index contributed by atoms with van der Waals surface area (Å²) >= 11 is 0. The largest absolute Gasteiger partial charge is 0.459 e. The zero-order valence-corrected chi connectivity index (χ0v) is 16.7. The second-order valence-corrected chi connectivity index (χ2v) is 7.79.